The van der Waals surface area contributed by atoms with Gasteiger partial charge in [0, 0.05) is 12.2 Å². The van der Waals surface area contributed by atoms with Gasteiger partial charge in [0.05, 0.1) is 0 Å². The fraction of sp³-hybridized carbons (Fsp3) is 0.600. The minimum Gasteiger partial charge on any atom is -0.326 e. The van der Waals surface area contributed by atoms with E-state index in [0.717, 1.165) is 13.0 Å². The van der Waals surface area contributed by atoms with Gasteiger partial charge in [-0.05, 0) is 12.5 Å². The Labute approximate surface area is 43.6 Å². The van der Waals surface area contributed by atoms with E-state index < -0.39 is 0 Å². The standard InChI is InChI=1S/C5H10N2/c1-2-5-3-4-6-7-5/h3,6-7H,2,4H2,1H3. The second-order valence-electron chi connectivity index (χ2n) is 1.59. The summed E-state index contributed by atoms with van der Waals surface area (Å²) in [6.45, 7) is 3.11. The fourth-order valence-electron chi connectivity index (χ4n) is 0.623. The van der Waals surface area contributed by atoms with Crippen LogP contribution in [0.4, 0.5) is 0 Å². The van der Waals surface area contributed by atoms with Crippen molar-refractivity contribution in [2.45, 2.75) is 13.3 Å². The lowest BCUT2D eigenvalue weighted by Gasteiger charge is -1.96. The Balaban J connectivity index is 2.36. The van der Waals surface area contributed by atoms with Gasteiger partial charge in [-0.3, -0.25) is 0 Å². The molecule has 1 rings (SSSR count). The normalized spacial score (nSPS) is 18.7. The van der Waals surface area contributed by atoms with Gasteiger partial charge in [0.2, 0.25) is 0 Å². The molecule has 0 aromatic rings. The number of hydrogen-bond acceptors (Lipinski definition) is 2. The van der Waals surface area contributed by atoms with Gasteiger partial charge in [-0.1, -0.05) is 6.92 Å². The molecule has 0 amide bonds. The molecule has 7 heavy (non-hydrogen) atoms. The maximum absolute atomic E-state index is 3.02. The molecule has 1 aliphatic rings. The van der Waals surface area contributed by atoms with Crippen LogP contribution in [-0.4, -0.2) is 6.54 Å². The van der Waals surface area contributed by atoms with Crippen molar-refractivity contribution >= 4 is 0 Å². The Kier molecular flexibility index (Phi) is 1.32. The van der Waals surface area contributed by atoms with Gasteiger partial charge in [0.1, 0.15) is 0 Å². The molecule has 0 bridgehead atoms. The fourth-order valence-corrected chi connectivity index (χ4v) is 0.623. The Bertz CT molecular complexity index is 86.1. The maximum atomic E-state index is 3.02. The molecule has 0 fully saturated rings. The van der Waals surface area contributed by atoms with Crippen LogP contribution < -0.4 is 10.9 Å². The highest BCUT2D eigenvalue weighted by Gasteiger charge is 1.95. The molecule has 0 aliphatic carbocycles. The predicted molar refractivity (Wildman–Crippen MR) is 29.5 cm³/mol. The third-order valence-corrected chi connectivity index (χ3v) is 1.08. The van der Waals surface area contributed by atoms with Crippen LogP contribution in [-0.2, 0) is 0 Å². The molecule has 2 nitrogen and oxygen atoms in total. The van der Waals surface area contributed by atoms with E-state index in [1.54, 1.807) is 0 Å². The van der Waals surface area contributed by atoms with Crippen molar-refractivity contribution in [3.05, 3.63) is 11.8 Å². The van der Waals surface area contributed by atoms with E-state index >= 15 is 0 Å². The highest BCUT2D eigenvalue weighted by molar-refractivity contribution is 5.03. The third kappa shape index (κ3) is 0.933. The number of rotatable bonds is 1. The van der Waals surface area contributed by atoms with E-state index in [4.69, 9.17) is 0 Å². The first-order valence-electron chi connectivity index (χ1n) is 2.61. The summed E-state index contributed by atoms with van der Waals surface area (Å²) in [7, 11) is 0. The lowest BCUT2D eigenvalue weighted by molar-refractivity contribution is 0.683. The molecule has 1 aliphatic heterocycles. The molecular formula is C5H10N2. The molecule has 0 aromatic heterocycles. The van der Waals surface area contributed by atoms with Crippen molar-refractivity contribution in [2.75, 3.05) is 6.54 Å². The first-order chi connectivity index (χ1) is 3.43. The molecule has 0 unspecified atom stereocenters. The average Bonchev–Trinajstić information content (AvgIpc) is 2.14. The minimum absolute atomic E-state index is 0.975. The molecule has 2 N–H and O–H groups in total. The summed E-state index contributed by atoms with van der Waals surface area (Å²) in [5.41, 5.74) is 7.30. The number of nitrogens with one attached hydrogen (secondary N) is 2. The van der Waals surface area contributed by atoms with Gasteiger partial charge in [0.15, 0.2) is 0 Å². The molecule has 0 saturated heterocycles. The topological polar surface area (TPSA) is 24.1 Å². The highest BCUT2D eigenvalue weighted by atomic mass is 15.4. The van der Waals surface area contributed by atoms with E-state index in [-0.39, 0.29) is 0 Å². The zero-order chi connectivity index (χ0) is 5.11. The Morgan fingerprint density at radius 1 is 1.86 bits per heavy atom. The monoisotopic (exact) mass is 98.1 g/mol. The van der Waals surface area contributed by atoms with Gasteiger partial charge in [-0.2, -0.15) is 0 Å². The summed E-state index contributed by atoms with van der Waals surface area (Å²) in [6, 6.07) is 0. The van der Waals surface area contributed by atoms with Crippen molar-refractivity contribution in [3.63, 3.8) is 0 Å². The van der Waals surface area contributed by atoms with E-state index in [9.17, 15) is 0 Å². The van der Waals surface area contributed by atoms with E-state index in [1.807, 2.05) is 0 Å². The second kappa shape index (κ2) is 1.98. The quantitative estimate of drug-likeness (QED) is 0.495. The molecule has 1 heterocycles. The van der Waals surface area contributed by atoms with E-state index in [0.29, 0.717) is 0 Å². The number of hydrogen-bond donors (Lipinski definition) is 2. The van der Waals surface area contributed by atoms with Gasteiger partial charge in [-0.15, -0.1) is 0 Å². The Morgan fingerprint density at radius 3 is 3.00 bits per heavy atom. The first kappa shape index (κ1) is 4.65. The van der Waals surface area contributed by atoms with Crippen molar-refractivity contribution in [1.29, 1.82) is 0 Å². The maximum Gasteiger partial charge on any atom is 0.0348 e. The first-order valence-corrected chi connectivity index (χ1v) is 2.61. The van der Waals surface area contributed by atoms with Crippen molar-refractivity contribution in [3.8, 4) is 0 Å². The number of hydrazine groups is 1. The summed E-state index contributed by atoms with van der Waals surface area (Å²) < 4.78 is 0. The van der Waals surface area contributed by atoms with Crippen LogP contribution in [0, 0.1) is 0 Å². The van der Waals surface area contributed by atoms with Gasteiger partial charge in [-0.25, -0.2) is 5.43 Å². The Hall–Kier alpha value is -0.500. The SMILES string of the molecule is CCC1=CCNN1. The van der Waals surface area contributed by atoms with Crippen LogP contribution in [0.5, 0.6) is 0 Å². The molecular weight excluding hydrogens is 88.1 g/mol. The van der Waals surface area contributed by atoms with E-state index in [1.165, 1.54) is 5.70 Å². The van der Waals surface area contributed by atoms with Gasteiger partial charge in [0.25, 0.3) is 0 Å². The summed E-state index contributed by atoms with van der Waals surface area (Å²) >= 11 is 0. The van der Waals surface area contributed by atoms with Gasteiger partial charge < -0.3 is 5.43 Å². The number of allylic oxidation sites excluding steroid dienone is 1. The van der Waals surface area contributed by atoms with E-state index in [2.05, 4.69) is 23.9 Å². The smallest absolute Gasteiger partial charge is 0.0348 e. The molecule has 0 aromatic carbocycles. The molecule has 2 heteroatoms. The van der Waals surface area contributed by atoms with Crippen LogP contribution in [0.15, 0.2) is 11.8 Å². The molecule has 40 valence electrons. The molecule has 0 saturated carbocycles. The largest absolute Gasteiger partial charge is 0.326 e. The Morgan fingerprint density at radius 2 is 2.71 bits per heavy atom. The lowest BCUT2D eigenvalue weighted by atomic mass is 10.3. The third-order valence-electron chi connectivity index (χ3n) is 1.08. The summed E-state index contributed by atoms with van der Waals surface area (Å²) in [4.78, 5) is 0. The zero-order valence-electron chi connectivity index (χ0n) is 4.49. The van der Waals surface area contributed by atoms with Crippen molar-refractivity contribution < 1.29 is 0 Å². The van der Waals surface area contributed by atoms with Crippen LogP contribution in [0.2, 0.25) is 0 Å². The van der Waals surface area contributed by atoms with Crippen LogP contribution in [0.3, 0.4) is 0 Å². The highest BCUT2D eigenvalue weighted by Crippen LogP contribution is 1.95. The summed E-state index contributed by atoms with van der Waals surface area (Å²) in [6.07, 6.45) is 3.26. The van der Waals surface area contributed by atoms with Crippen molar-refractivity contribution in [2.24, 2.45) is 0 Å². The van der Waals surface area contributed by atoms with Crippen LogP contribution in [0.1, 0.15) is 13.3 Å². The second-order valence-corrected chi connectivity index (χ2v) is 1.59. The van der Waals surface area contributed by atoms with Crippen LogP contribution >= 0.6 is 0 Å². The minimum atomic E-state index is 0.975. The van der Waals surface area contributed by atoms with Crippen molar-refractivity contribution in [1.82, 2.24) is 10.9 Å². The average molecular weight is 98.1 g/mol. The summed E-state index contributed by atoms with van der Waals surface area (Å²) in [5, 5.41) is 0. The molecule has 0 radical (unpaired) electrons. The molecule has 0 spiro atoms. The lowest BCUT2D eigenvalue weighted by Crippen LogP contribution is -2.23. The summed E-state index contributed by atoms with van der Waals surface area (Å²) in [5.74, 6) is 0. The molecule has 0 atom stereocenters. The van der Waals surface area contributed by atoms with Gasteiger partial charge >= 0.3 is 0 Å². The van der Waals surface area contributed by atoms with Crippen LogP contribution in [0.25, 0.3) is 0 Å². The predicted octanol–water partition coefficient (Wildman–Crippen LogP) is 0.388. The zero-order valence-corrected chi connectivity index (χ0v) is 4.49.